The number of rotatable bonds is 6. The third-order valence-electron chi connectivity index (χ3n) is 10.6. The lowest BCUT2D eigenvalue weighted by Gasteiger charge is -2.35. The number of phenolic OH excluding ortho intramolecular Hbond substituents is 1. The van der Waals surface area contributed by atoms with Gasteiger partial charge in [0.25, 0.3) is 0 Å². The summed E-state index contributed by atoms with van der Waals surface area (Å²) in [4.78, 5) is 2.27. The molecular formula is C49H33NO2. The molecular weight excluding hydrogens is 635 g/mol. The number of furan rings is 1. The molecule has 3 heteroatoms. The van der Waals surface area contributed by atoms with Crippen molar-refractivity contribution in [2.45, 2.75) is 5.41 Å². The number of hydrogen-bond acceptors (Lipinski definition) is 3. The Morgan fingerprint density at radius 1 is 0.423 bits per heavy atom. The van der Waals surface area contributed by atoms with Crippen LogP contribution in [0.2, 0.25) is 0 Å². The number of anilines is 3. The second-order valence-corrected chi connectivity index (χ2v) is 13.4. The summed E-state index contributed by atoms with van der Waals surface area (Å²) in [5.41, 5.74) is 13.8. The molecule has 0 bridgehead atoms. The maximum absolute atomic E-state index is 10.3. The molecule has 0 aliphatic heterocycles. The van der Waals surface area contributed by atoms with E-state index in [0.29, 0.717) is 0 Å². The van der Waals surface area contributed by atoms with Crippen LogP contribution < -0.4 is 4.90 Å². The molecule has 1 N–H and O–H groups in total. The van der Waals surface area contributed by atoms with Gasteiger partial charge in [-0.1, -0.05) is 140 Å². The summed E-state index contributed by atoms with van der Waals surface area (Å²) >= 11 is 0. The van der Waals surface area contributed by atoms with Crippen LogP contribution in [0.5, 0.6) is 5.75 Å². The highest BCUT2D eigenvalue weighted by Crippen LogP contribution is 2.57. The van der Waals surface area contributed by atoms with Gasteiger partial charge < -0.3 is 14.4 Å². The first-order valence-electron chi connectivity index (χ1n) is 17.7. The van der Waals surface area contributed by atoms with Crippen LogP contribution in [0.4, 0.5) is 17.1 Å². The Balaban J connectivity index is 1.16. The quantitative estimate of drug-likeness (QED) is 0.192. The highest BCUT2D eigenvalue weighted by Gasteiger charge is 2.46. The molecule has 1 aromatic heterocycles. The third kappa shape index (κ3) is 4.53. The van der Waals surface area contributed by atoms with Gasteiger partial charge in [-0.3, -0.25) is 0 Å². The van der Waals surface area contributed by atoms with Gasteiger partial charge in [-0.05, 0) is 93.5 Å². The van der Waals surface area contributed by atoms with E-state index in [-0.39, 0.29) is 5.75 Å². The minimum Gasteiger partial charge on any atom is -0.508 e. The summed E-state index contributed by atoms with van der Waals surface area (Å²) < 4.78 is 6.39. The summed E-state index contributed by atoms with van der Waals surface area (Å²) in [6.45, 7) is 0. The van der Waals surface area contributed by atoms with Crippen molar-refractivity contribution >= 4 is 39.0 Å². The number of aromatic hydroxyl groups is 1. The second-order valence-electron chi connectivity index (χ2n) is 13.4. The Morgan fingerprint density at radius 3 is 1.71 bits per heavy atom. The molecule has 0 radical (unpaired) electrons. The average molecular weight is 668 g/mol. The Labute approximate surface area is 302 Å². The highest BCUT2D eigenvalue weighted by atomic mass is 16.3. The normalized spacial score (nSPS) is 12.8. The van der Waals surface area contributed by atoms with E-state index in [0.717, 1.165) is 50.1 Å². The Kier molecular flexibility index (Phi) is 6.87. The Hall–Kier alpha value is -6.84. The number of nitrogens with zero attached hydrogens (tertiary/aromatic N) is 1. The maximum atomic E-state index is 10.3. The lowest BCUT2D eigenvalue weighted by molar-refractivity contribution is 0.475. The van der Waals surface area contributed by atoms with Gasteiger partial charge >= 0.3 is 0 Å². The molecule has 52 heavy (non-hydrogen) atoms. The van der Waals surface area contributed by atoms with Gasteiger partial charge in [-0.2, -0.15) is 0 Å². The Bertz CT molecular complexity index is 2690. The molecule has 0 saturated carbocycles. The van der Waals surface area contributed by atoms with Crippen LogP contribution in [-0.4, -0.2) is 5.11 Å². The van der Waals surface area contributed by atoms with Gasteiger partial charge in [0, 0.05) is 33.4 Å². The van der Waals surface area contributed by atoms with Gasteiger partial charge in [-0.15, -0.1) is 0 Å². The third-order valence-corrected chi connectivity index (χ3v) is 10.6. The van der Waals surface area contributed by atoms with Crippen LogP contribution in [0, 0.1) is 0 Å². The second kappa shape index (κ2) is 11.9. The van der Waals surface area contributed by atoms with E-state index in [9.17, 15) is 5.11 Å². The monoisotopic (exact) mass is 667 g/mol. The molecule has 0 unspecified atom stereocenters. The molecule has 0 spiro atoms. The lowest BCUT2D eigenvalue weighted by Crippen LogP contribution is -2.28. The van der Waals surface area contributed by atoms with Crippen LogP contribution in [0.15, 0.2) is 199 Å². The molecule has 10 rings (SSSR count). The summed E-state index contributed by atoms with van der Waals surface area (Å²) in [5.74, 6) is 0.231. The molecule has 1 aliphatic rings. The van der Waals surface area contributed by atoms with E-state index < -0.39 is 5.41 Å². The van der Waals surface area contributed by atoms with Crippen molar-refractivity contribution in [3.8, 4) is 28.0 Å². The van der Waals surface area contributed by atoms with Crippen molar-refractivity contribution in [2.75, 3.05) is 4.90 Å². The molecule has 8 aromatic carbocycles. The van der Waals surface area contributed by atoms with Crippen molar-refractivity contribution in [3.63, 3.8) is 0 Å². The topological polar surface area (TPSA) is 36.6 Å². The van der Waals surface area contributed by atoms with Crippen molar-refractivity contribution in [1.82, 2.24) is 0 Å². The standard InChI is InChI=1S/C49H33NO2/c51-39-29-26-37(27-30-39)50(36-24-22-33(23-25-36)40-18-11-19-44-43-17-8-10-21-47(43)52-48(40)44)38-28-31-42-41-16-7-9-20-45(41)49(46(42)32-38,34-12-3-1-4-13-34)35-14-5-2-6-15-35/h1-32,51H. The average Bonchev–Trinajstić information content (AvgIpc) is 3.74. The van der Waals surface area contributed by atoms with E-state index in [1.807, 2.05) is 24.3 Å². The van der Waals surface area contributed by atoms with Gasteiger partial charge in [0.2, 0.25) is 0 Å². The number of phenols is 1. The fourth-order valence-electron chi connectivity index (χ4n) is 8.38. The van der Waals surface area contributed by atoms with Crippen molar-refractivity contribution in [1.29, 1.82) is 0 Å². The smallest absolute Gasteiger partial charge is 0.143 e. The first-order valence-corrected chi connectivity index (χ1v) is 17.7. The van der Waals surface area contributed by atoms with Crippen molar-refractivity contribution in [2.24, 2.45) is 0 Å². The first-order chi connectivity index (χ1) is 25.7. The number of benzene rings is 8. The minimum absolute atomic E-state index is 0.231. The number of fused-ring (bicyclic) bond motifs is 6. The van der Waals surface area contributed by atoms with Gasteiger partial charge in [0.15, 0.2) is 0 Å². The van der Waals surface area contributed by atoms with Crippen LogP contribution >= 0.6 is 0 Å². The predicted octanol–water partition coefficient (Wildman–Crippen LogP) is 12.8. The molecule has 9 aromatic rings. The van der Waals surface area contributed by atoms with E-state index in [1.165, 1.54) is 33.4 Å². The molecule has 0 saturated heterocycles. The van der Waals surface area contributed by atoms with Crippen LogP contribution in [0.25, 0.3) is 44.2 Å². The van der Waals surface area contributed by atoms with Crippen LogP contribution in [0.1, 0.15) is 22.3 Å². The summed E-state index contributed by atoms with van der Waals surface area (Å²) in [5, 5.41) is 12.5. The van der Waals surface area contributed by atoms with E-state index in [2.05, 4.69) is 163 Å². The molecule has 1 aliphatic carbocycles. The molecule has 0 atom stereocenters. The molecule has 0 fully saturated rings. The summed E-state index contributed by atoms with van der Waals surface area (Å²) in [7, 11) is 0. The number of hydrogen-bond donors (Lipinski definition) is 1. The maximum Gasteiger partial charge on any atom is 0.143 e. The molecule has 3 nitrogen and oxygen atoms in total. The zero-order valence-electron chi connectivity index (χ0n) is 28.3. The lowest BCUT2D eigenvalue weighted by atomic mass is 9.67. The molecule has 246 valence electrons. The fourth-order valence-corrected chi connectivity index (χ4v) is 8.38. The van der Waals surface area contributed by atoms with E-state index in [4.69, 9.17) is 4.42 Å². The molecule has 0 amide bonds. The van der Waals surface area contributed by atoms with Crippen LogP contribution in [0.3, 0.4) is 0 Å². The van der Waals surface area contributed by atoms with Crippen molar-refractivity contribution < 1.29 is 9.52 Å². The fraction of sp³-hybridized carbons (Fsp3) is 0.0204. The Morgan fingerprint density at radius 2 is 0.981 bits per heavy atom. The van der Waals surface area contributed by atoms with Gasteiger partial charge in [0.1, 0.15) is 16.9 Å². The highest BCUT2D eigenvalue weighted by molar-refractivity contribution is 6.09. The largest absolute Gasteiger partial charge is 0.508 e. The van der Waals surface area contributed by atoms with E-state index in [1.54, 1.807) is 12.1 Å². The summed E-state index contributed by atoms with van der Waals surface area (Å²) in [6, 6.07) is 68.2. The zero-order chi connectivity index (χ0) is 34.6. The van der Waals surface area contributed by atoms with E-state index >= 15 is 0 Å². The first kappa shape index (κ1) is 30.0. The van der Waals surface area contributed by atoms with Crippen molar-refractivity contribution in [3.05, 3.63) is 216 Å². The zero-order valence-corrected chi connectivity index (χ0v) is 28.3. The van der Waals surface area contributed by atoms with Crippen LogP contribution in [-0.2, 0) is 5.41 Å². The SMILES string of the molecule is Oc1ccc(N(c2ccc(-c3cccc4c3oc3ccccc34)cc2)c2ccc3c(c2)C(c2ccccc2)(c2ccccc2)c2ccccc2-3)cc1. The minimum atomic E-state index is -0.514. The van der Waals surface area contributed by atoms with Gasteiger partial charge in [0.05, 0.1) is 5.41 Å². The predicted molar refractivity (Wildman–Crippen MR) is 213 cm³/mol. The summed E-state index contributed by atoms with van der Waals surface area (Å²) in [6.07, 6.45) is 0. The number of para-hydroxylation sites is 2. The molecule has 1 heterocycles. The van der Waals surface area contributed by atoms with Gasteiger partial charge in [-0.25, -0.2) is 0 Å².